The van der Waals surface area contributed by atoms with E-state index in [2.05, 4.69) is 10.3 Å². The molecule has 0 aliphatic rings. The highest BCUT2D eigenvalue weighted by Crippen LogP contribution is 2.10. The van der Waals surface area contributed by atoms with E-state index in [-0.39, 0.29) is 12.0 Å². The first-order valence-corrected chi connectivity index (χ1v) is 3.97. The molecular formula is C5H7FIN3. The van der Waals surface area contributed by atoms with E-state index in [0.29, 0.717) is 3.70 Å². The van der Waals surface area contributed by atoms with Gasteiger partial charge in [0.25, 0.3) is 0 Å². The van der Waals surface area contributed by atoms with Crippen molar-refractivity contribution in [2.24, 2.45) is 0 Å². The van der Waals surface area contributed by atoms with Crippen molar-refractivity contribution < 1.29 is 4.39 Å². The fourth-order valence-electron chi connectivity index (χ4n) is 0.592. The van der Waals surface area contributed by atoms with E-state index in [1.807, 2.05) is 36.4 Å². The Bertz CT molecular complexity index is 233. The summed E-state index contributed by atoms with van der Waals surface area (Å²) in [6.45, 7) is 3.71. The maximum absolute atomic E-state index is 12.8. The Kier molecular flexibility index (Phi) is 2.22. The second-order valence-electron chi connectivity index (χ2n) is 2.21. The lowest BCUT2D eigenvalue weighted by atomic mass is 10.4. The normalized spacial score (nSPS) is 10.9. The van der Waals surface area contributed by atoms with E-state index in [0.717, 1.165) is 0 Å². The molecule has 0 saturated heterocycles. The van der Waals surface area contributed by atoms with E-state index in [1.54, 1.807) is 0 Å². The zero-order valence-electron chi connectivity index (χ0n) is 5.67. The molecule has 0 unspecified atom stereocenters. The quantitative estimate of drug-likeness (QED) is 0.713. The van der Waals surface area contributed by atoms with Gasteiger partial charge in [-0.3, -0.25) is 0 Å². The average Bonchev–Trinajstić information content (AvgIpc) is 2.14. The molecule has 0 amide bonds. The third kappa shape index (κ3) is 1.28. The van der Waals surface area contributed by atoms with Crippen molar-refractivity contribution in [1.82, 2.24) is 15.0 Å². The predicted molar refractivity (Wildman–Crippen MR) is 43.1 cm³/mol. The SMILES string of the molecule is CC(C)n1nnc(I)c1F. The largest absolute Gasteiger partial charge is 0.245 e. The highest BCUT2D eigenvalue weighted by molar-refractivity contribution is 14.1. The van der Waals surface area contributed by atoms with E-state index in [9.17, 15) is 4.39 Å². The Morgan fingerprint density at radius 2 is 2.20 bits per heavy atom. The van der Waals surface area contributed by atoms with Crippen LogP contribution in [0.1, 0.15) is 19.9 Å². The van der Waals surface area contributed by atoms with Crippen molar-refractivity contribution in [3.8, 4) is 0 Å². The number of rotatable bonds is 1. The van der Waals surface area contributed by atoms with Crippen molar-refractivity contribution in [3.05, 3.63) is 9.65 Å². The summed E-state index contributed by atoms with van der Waals surface area (Å²) in [7, 11) is 0. The van der Waals surface area contributed by atoms with Crippen LogP contribution >= 0.6 is 22.6 Å². The maximum Gasteiger partial charge on any atom is 0.245 e. The molecule has 3 nitrogen and oxygen atoms in total. The van der Waals surface area contributed by atoms with E-state index in [1.165, 1.54) is 4.68 Å². The molecule has 1 aromatic heterocycles. The zero-order valence-corrected chi connectivity index (χ0v) is 7.83. The van der Waals surface area contributed by atoms with Gasteiger partial charge in [-0.1, -0.05) is 5.21 Å². The Balaban J connectivity index is 3.05. The number of halogens is 2. The number of hydrogen-bond donors (Lipinski definition) is 0. The van der Waals surface area contributed by atoms with Gasteiger partial charge in [0, 0.05) is 0 Å². The zero-order chi connectivity index (χ0) is 7.72. The van der Waals surface area contributed by atoms with Gasteiger partial charge >= 0.3 is 0 Å². The number of aromatic nitrogens is 3. The van der Waals surface area contributed by atoms with E-state index < -0.39 is 0 Å². The lowest BCUT2D eigenvalue weighted by Gasteiger charge is -2.02. The second kappa shape index (κ2) is 2.81. The summed E-state index contributed by atoms with van der Waals surface area (Å²) >= 11 is 1.81. The third-order valence-electron chi connectivity index (χ3n) is 1.09. The summed E-state index contributed by atoms with van der Waals surface area (Å²) in [4.78, 5) is 0. The van der Waals surface area contributed by atoms with Gasteiger partial charge in [0.05, 0.1) is 6.04 Å². The molecule has 1 aromatic rings. The molecule has 1 heterocycles. The van der Waals surface area contributed by atoms with Crippen LogP contribution in [0.5, 0.6) is 0 Å². The minimum Gasteiger partial charge on any atom is -0.216 e. The third-order valence-corrected chi connectivity index (χ3v) is 1.75. The molecule has 0 radical (unpaired) electrons. The van der Waals surface area contributed by atoms with Crippen LogP contribution in [0.15, 0.2) is 0 Å². The van der Waals surface area contributed by atoms with Gasteiger partial charge in [-0.15, -0.1) is 5.10 Å². The van der Waals surface area contributed by atoms with Gasteiger partial charge in [-0.2, -0.15) is 4.39 Å². The first-order chi connectivity index (χ1) is 4.63. The second-order valence-corrected chi connectivity index (χ2v) is 3.23. The van der Waals surface area contributed by atoms with Crippen LogP contribution in [0.4, 0.5) is 4.39 Å². The summed E-state index contributed by atoms with van der Waals surface area (Å²) in [5, 5.41) is 7.16. The molecule has 0 saturated carbocycles. The molecule has 0 fully saturated rings. The molecule has 0 aliphatic carbocycles. The summed E-state index contributed by atoms with van der Waals surface area (Å²) in [5.74, 6) is -0.351. The minimum absolute atomic E-state index is 0.0380. The maximum atomic E-state index is 12.8. The topological polar surface area (TPSA) is 30.7 Å². The highest BCUT2D eigenvalue weighted by atomic mass is 127. The Labute approximate surface area is 71.7 Å². The van der Waals surface area contributed by atoms with Gasteiger partial charge in [0.1, 0.15) is 0 Å². The summed E-state index contributed by atoms with van der Waals surface area (Å²) in [6, 6.07) is 0.0380. The molecular weight excluding hydrogens is 248 g/mol. The minimum atomic E-state index is -0.351. The number of hydrogen-bond acceptors (Lipinski definition) is 2. The van der Waals surface area contributed by atoms with Crippen LogP contribution in [-0.2, 0) is 0 Å². The Morgan fingerprint density at radius 3 is 2.40 bits per heavy atom. The van der Waals surface area contributed by atoms with Crippen molar-refractivity contribution in [3.63, 3.8) is 0 Å². The molecule has 1 rings (SSSR count). The first kappa shape index (κ1) is 7.90. The van der Waals surface area contributed by atoms with Gasteiger partial charge in [-0.25, -0.2) is 4.68 Å². The van der Waals surface area contributed by atoms with Crippen LogP contribution in [0.3, 0.4) is 0 Å². The van der Waals surface area contributed by atoms with Gasteiger partial charge < -0.3 is 0 Å². The Hall–Kier alpha value is -0.200. The highest BCUT2D eigenvalue weighted by Gasteiger charge is 2.10. The molecule has 0 aromatic carbocycles. The molecule has 0 aliphatic heterocycles. The van der Waals surface area contributed by atoms with Crippen LogP contribution in [0, 0.1) is 9.65 Å². The molecule has 56 valence electrons. The molecule has 5 heteroatoms. The van der Waals surface area contributed by atoms with Crippen LogP contribution in [-0.4, -0.2) is 15.0 Å². The van der Waals surface area contributed by atoms with Gasteiger partial charge in [0.15, 0.2) is 3.70 Å². The van der Waals surface area contributed by atoms with Crippen molar-refractivity contribution in [2.45, 2.75) is 19.9 Å². The molecule has 10 heavy (non-hydrogen) atoms. The molecule has 0 atom stereocenters. The standard InChI is InChI=1S/C5H7FIN3/c1-3(2)10-4(6)5(7)8-9-10/h3H,1-2H3. The lowest BCUT2D eigenvalue weighted by Crippen LogP contribution is -2.05. The fraction of sp³-hybridized carbons (Fsp3) is 0.600. The van der Waals surface area contributed by atoms with Gasteiger partial charge in [-0.05, 0) is 36.4 Å². The van der Waals surface area contributed by atoms with E-state index >= 15 is 0 Å². The summed E-state index contributed by atoms with van der Waals surface area (Å²) in [6.07, 6.45) is 0. The number of nitrogens with zero attached hydrogens (tertiary/aromatic N) is 3. The monoisotopic (exact) mass is 255 g/mol. The summed E-state index contributed by atoms with van der Waals surface area (Å²) in [5.41, 5.74) is 0. The Morgan fingerprint density at radius 1 is 1.60 bits per heavy atom. The van der Waals surface area contributed by atoms with E-state index in [4.69, 9.17) is 0 Å². The van der Waals surface area contributed by atoms with Gasteiger partial charge in [0.2, 0.25) is 5.95 Å². The van der Waals surface area contributed by atoms with Crippen LogP contribution < -0.4 is 0 Å². The smallest absolute Gasteiger partial charge is 0.216 e. The summed E-state index contributed by atoms with van der Waals surface area (Å²) < 4.78 is 14.4. The average molecular weight is 255 g/mol. The van der Waals surface area contributed by atoms with Crippen molar-refractivity contribution in [2.75, 3.05) is 0 Å². The van der Waals surface area contributed by atoms with Crippen molar-refractivity contribution in [1.29, 1.82) is 0 Å². The first-order valence-electron chi connectivity index (χ1n) is 2.89. The predicted octanol–water partition coefficient (Wildman–Crippen LogP) is 1.60. The molecule has 0 N–H and O–H groups in total. The van der Waals surface area contributed by atoms with Crippen LogP contribution in [0.25, 0.3) is 0 Å². The van der Waals surface area contributed by atoms with Crippen molar-refractivity contribution >= 4 is 22.6 Å². The lowest BCUT2D eigenvalue weighted by molar-refractivity contribution is 0.408. The van der Waals surface area contributed by atoms with Crippen LogP contribution in [0.2, 0.25) is 0 Å². The fourth-order valence-corrected chi connectivity index (χ4v) is 0.936. The molecule has 0 bridgehead atoms. The molecule has 0 spiro atoms.